The molecule has 0 amide bonds. The first-order valence-electron chi connectivity index (χ1n) is 4.70. The molecular formula is C10H15FN2O2. The van der Waals surface area contributed by atoms with Gasteiger partial charge in [0.2, 0.25) is 0 Å². The van der Waals surface area contributed by atoms with Gasteiger partial charge in [-0.1, -0.05) is 0 Å². The number of anilines is 2. The number of benzene rings is 1. The van der Waals surface area contributed by atoms with Gasteiger partial charge in [-0.15, -0.1) is 0 Å². The van der Waals surface area contributed by atoms with Crippen LogP contribution < -0.4 is 10.6 Å². The van der Waals surface area contributed by atoms with Gasteiger partial charge in [0.25, 0.3) is 0 Å². The molecule has 0 unspecified atom stereocenters. The van der Waals surface area contributed by atoms with Crippen LogP contribution in [0.3, 0.4) is 0 Å². The lowest BCUT2D eigenvalue weighted by Gasteiger charge is -2.24. The summed E-state index contributed by atoms with van der Waals surface area (Å²) in [5.74, 6) is -0.389. The lowest BCUT2D eigenvalue weighted by atomic mass is 10.2. The largest absolute Gasteiger partial charge is 0.397 e. The predicted molar refractivity (Wildman–Crippen MR) is 57.2 cm³/mol. The van der Waals surface area contributed by atoms with Crippen molar-refractivity contribution in [2.24, 2.45) is 0 Å². The second-order valence-corrected chi connectivity index (χ2v) is 3.14. The molecule has 1 rings (SSSR count). The minimum atomic E-state index is -0.389. The standard InChI is InChI=1S/C10H15FN2O2/c11-8-1-2-9(12)10(7-8)13(3-5-14)4-6-15/h1-2,7,14-15H,3-6,12H2. The van der Waals surface area contributed by atoms with E-state index in [1.54, 1.807) is 4.90 Å². The maximum atomic E-state index is 13.0. The third-order valence-corrected chi connectivity index (χ3v) is 2.07. The van der Waals surface area contributed by atoms with Crippen LogP contribution in [0.5, 0.6) is 0 Å². The number of halogens is 1. The van der Waals surface area contributed by atoms with Crippen LogP contribution in [0.1, 0.15) is 0 Å². The highest BCUT2D eigenvalue weighted by Crippen LogP contribution is 2.23. The zero-order valence-corrected chi connectivity index (χ0v) is 8.36. The Balaban J connectivity index is 2.93. The van der Waals surface area contributed by atoms with Crippen LogP contribution in [0.2, 0.25) is 0 Å². The van der Waals surface area contributed by atoms with Gasteiger partial charge in [0.05, 0.1) is 24.6 Å². The Morgan fingerprint density at radius 3 is 2.33 bits per heavy atom. The summed E-state index contributed by atoms with van der Waals surface area (Å²) >= 11 is 0. The Hall–Kier alpha value is -1.33. The van der Waals surface area contributed by atoms with E-state index in [9.17, 15) is 4.39 Å². The van der Waals surface area contributed by atoms with Gasteiger partial charge < -0.3 is 20.8 Å². The van der Waals surface area contributed by atoms with E-state index in [4.69, 9.17) is 15.9 Å². The van der Waals surface area contributed by atoms with E-state index in [1.165, 1.54) is 18.2 Å². The highest BCUT2D eigenvalue weighted by atomic mass is 19.1. The molecule has 5 heteroatoms. The van der Waals surface area contributed by atoms with Crippen molar-refractivity contribution in [3.8, 4) is 0 Å². The van der Waals surface area contributed by atoms with Crippen LogP contribution in [-0.2, 0) is 0 Å². The van der Waals surface area contributed by atoms with Gasteiger partial charge in [-0.05, 0) is 18.2 Å². The summed E-state index contributed by atoms with van der Waals surface area (Å²) in [4.78, 5) is 1.64. The van der Waals surface area contributed by atoms with Crippen molar-refractivity contribution in [1.29, 1.82) is 0 Å². The minimum Gasteiger partial charge on any atom is -0.397 e. The fourth-order valence-electron chi connectivity index (χ4n) is 1.38. The summed E-state index contributed by atoms with van der Waals surface area (Å²) in [7, 11) is 0. The first kappa shape index (κ1) is 11.7. The average molecular weight is 214 g/mol. The second-order valence-electron chi connectivity index (χ2n) is 3.14. The lowest BCUT2D eigenvalue weighted by molar-refractivity contribution is 0.281. The van der Waals surface area contributed by atoms with Crippen molar-refractivity contribution < 1.29 is 14.6 Å². The number of aliphatic hydroxyl groups excluding tert-OH is 2. The molecular weight excluding hydrogens is 199 g/mol. The first-order chi connectivity index (χ1) is 7.19. The maximum Gasteiger partial charge on any atom is 0.125 e. The molecule has 15 heavy (non-hydrogen) atoms. The van der Waals surface area contributed by atoms with E-state index in [0.717, 1.165) is 0 Å². The van der Waals surface area contributed by atoms with Crippen LogP contribution in [0.4, 0.5) is 15.8 Å². The third kappa shape index (κ3) is 3.07. The molecule has 0 saturated heterocycles. The van der Waals surface area contributed by atoms with Crippen molar-refractivity contribution in [2.75, 3.05) is 36.9 Å². The van der Waals surface area contributed by atoms with Crippen LogP contribution in [0, 0.1) is 5.82 Å². The molecule has 0 heterocycles. The topological polar surface area (TPSA) is 69.7 Å². The third-order valence-electron chi connectivity index (χ3n) is 2.07. The van der Waals surface area contributed by atoms with Gasteiger partial charge >= 0.3 is 0 Å². The molecule has 0 spiro atoms. The average Bonchev–Trinajstić information content (AvgIpc) is 2.21. The Labute approximate surface area is 87.7 Å². The number of hydrogen-bond donors (Lipinski definition) is 3. The molecule has 84 valence electrons. The van der Waals surface area contributed by atoms with Gasteiger partial charge in [-0.3, -0.25) is 0 Å². The lowest BCUT2D eigenvalue weighted by Crippen LogP contribution is -2.30. The van der Waals surface area contributed by atoms with Crippen LogP contribution in [0.25, 0.3) is 0 Å². The van der Waals surface area contributed by atoms with Crippen molar-refractivity contribution in [2.45, 2.75) is 0 Å². The van der Waals surface area contributed by atoms with E-state index in [0.29, 0.717) is 24.5 Å². The van der Waals surface area contributed by atoms with Crippen LogP contribution in [0.15, 0.2) is 18.2 Å². The van der Waals surface area contributed by atoms with E-state index < -0.39 is 0 Å². The van der Waals surface area contributed by atoms with Gasteiger partial charge in [0.1, 0.15) is 5.82 Å². The number of nitrogens with zero attached hydrogens (tertiary/aromatic N) is 1. The van der Waals surface area contributed by atoms with E-state index >= 15 is 0 Å². The van der Waals surface area contributed by atoms with Gasteiger partial charge in [0.15, 0.2) is 0 Å². The molecule has 0 aliphatic heterocycles. The zero-order valence-electron chi connectivity index (χ0n) is 8.36. The summed E-state index contributed by atoms with van der Waals surface area (Å²) in [6.45, 7) is 0.480. The zero-order chi connectivity index (χ0) is 11.3. The van der Waals surface area contributed by atoms with Crippen LogP contribution in [-0.4, -0.2) is 36.5 Å². The molecule has 0 atom stereocenters. The Kier molecular flexibility index (Phi) is 4.33. The highest BCUT2D eigenvalue weighted by molar-refractivity contribution is 5.67. The number of rotatable bonds is 5. The molecule has 0 aliphatic carbocycles. The fourth-order valence-corrected chi connectivity index (χ4v) is 1.38. The molecule has 4 N–H and O–H groups in total. The normalized spacial score (nSPS) is 10.3. The Bertz CT molecular complexity index is 314. The Morgan fingerprint density at radius 1 is 1.20 bits per heavy atom. The summed E-state index contributed by atoms with van der Waals surface area (Å²) < 4.78 is 13.0. The van der Waals surface area contributed by atoms with E-state index in [2.05, 4.69) is 0 Å². The number of hydrogen-bond acceptors (Lipinski definition) is 4. The molecule has 0 radical (unpaired) electrons. The SMILES string of the molecule is Nc1ccc(F)cc1N(CCO)CCO. The molecule has 1 aromatic rings. The summed E-state index contributed by atoms with van der Waals surface area (Å²) in [6.07, 6.45) is 0. The van der Waals surface area contributed by atoms with Crippen molar-refractivity contribution in [3.63, 3.8) is 0 Å². The first-order valence-corrected chi connectivity index (χ1v) is 4.70. The van der Waals surface area contributed by atoms with Crippen molar-refractivity contribution >= 4 is 11.4 Å². The van der Waals surface area contributed by atoms with E-state index in [1.807, 2.05) is 0 Å². The minimum absolute atomic E-state index is 0.0735. The van der Waals surface area contributed by atoms with Gasteiger partial charge in [-0.2, -0.15) is 0 Å². The van der Waals surface area contributed by atoms with Gasteiger partial charge in [-0.25, -0.2) is 4.39 Å². The fraction of sp³-hybridized carbons (Fsp3) is 0.400. The molecule has 0 aliphatic rings. The monoisotopic (exact) mass is 214 g/mol. The van der Waals surface area contributed by atoms with Gasteiger partial charge in [0, 0.05) is 13.1 Å². The van der Waals surface area contributed by atoms with Crippen molar-refractivity contribution in [1.82, 2.24) is 0 Å². The number of aliphatic hydroxyl groups is 2. The smallest absolute Gasteiger partial charge is 0.125 e. The second kappa shape index (κ2) is 5.53. The summed E-state index contributed by atoms with van der Waals surface area (Å²) in [5, 5.41) is 17.7. The van der Waals surface area contributed by atoms with Crippen LogP contribution >= 0.6 is 0 Å². The number of nitrogens with two attached hydrogens (primary N) is 1. The Morgan fingerprint density at radius 2 is 1.80 bits per heavy atom. The molecule has 0 aromatic heterocycles. The summed E-state index contributed by atoms with van der Waals surface area (Å²) in [5.41, 5.74) is 6.61. The molecule has 0 bridgehead atoms. The summed E-state index contributed by atoms with van der Waals surface area (Å²) in [6, 6.07) is 4.03. The van der Waals surface area contributed by atoms with Crippen molar-refractivity contribution in [3.05, 3.63) is 24.0 Å². The quantitative estimate of drug-likeness (QED) is 0.612. The van der Waals surface area contributed by atoms with E-state index in [-0.39, 0.29) is 19.0 Å². The number of nitrogen functional groups attached to an aromatic ring is 1. The molecule has 0 saturated carbocycles. The maximum absolute atomic E-state index is 13.0. The predicted octanol–water partition coefficient (Wildman–Crippen LogP) is 0.199. The highest BCUT2D eigenvalue weighted by Gasteiger charge is 2.09. The molecule has 4 nitrogen and oxygen atoms in total. The molecule has 1 aromatic carbocycles. The molecule has 0 fully saturated rings.